The summed E-state index contributed by atoms with van der Waals surface area (Å²) in [5.74, 6) is 0.564. The van der Waals surface area contributed by atoms with Crippen molar-refractivity contribution < 1.29 is 0 Å². The van der Waals surface area contributed by atoms with E-state index in [1.807, 2.05) is 11.3 Å². The van der Waals surface area contributed by atoms with Crippen molar-refractivity contribution in [3.8, 4) is 44.5 Å². The lowest BCUT2D eigenvalue weighted by Gasteiger charge is -2.32. The lowest BCUT2D eigenvalue weighted by molar-refractivity contribution is 0.445. The van der Waals surface area contributed by atoms with E-state index in [9.17, 15) is 0 Å². The van der Waals surface area contributed by atoms with Crippen molar-refractivity contribution in [1.82, 2.24) is 0 Å². The first-order valence-corrected chi connectivity index (χ1v) is 23.7. The minimum atomic E-state index is 0.564. The van der Waals surface area contributed by atoms with Gasteiger partial charge in [-0.25, -0.2) is 0 Å². The van der Waals surface area contributed by atoms with Crippen molar-refractivity contribution in [2.75, 3.05) is 4.90 Å². The molecule has 1 nitrogen and oxygen atoms in total. The average Bonchev–Trinajstić information content (AvgIpc) is 3.76. The molecule has 64 heavy (non-hydrogen) atoms. The van der Waals surface area contributed by atoms with Gasteiger partial charge in [-0.3, -0.25) is 0 Å². The van der Waals surface area contributed by atoms with E-state index in [-0.39, 0.29) is 0 Å². The molecule has 0 spiro atoms. The van der Waals surface area contributed by atoms with Crippen molar-refractivity contribution >= 4 is 70.1 Å². The highest BCUT2D eigenvalue weighted by Gasteiger charge is 2.27. The van der Waals surface area contributed by atoms with Crippen LogP contribution in [0.2, 0.25) is 0 Å². The van der Waals surface area contributed by atoms with Crippen molar-refractivity contribution in [3.05, 3.63) is 224 Å². The molecule has 1 aliphatic carbocycles. The van der Waals surface area contributed by atoms with Gasteiger partial charge in [-0.1, -0.05) is 207 Å². The molecule has 0 atom stereocenters. The highest BCUT2D eigenvalue weighted by Crippen LogP contribution is 2.52. The Bertz CT molecular complexity index is 3490. The van der Waals surface area contributed by atoms with Crippen molar-refractivity contribution in [2.24, 2.45) is 0 Å². The van der Waals surface area contributed by atoms with Gasteiger partial charge in [-0.2, -0.15) is 0 Å². The second kappa shape index (κ2) is 16.5. The second-order valence-electron chi connectivity index (χ2n) is 17.3. The van der Waals surface area contributed by atoms with E-state index in [0.29, 0.717) is 5.92 Å². The predicted octanol–water partition coefficient (Wildman–Crippen LogP) is 18.5. The third-order valence-corrected chi connectivity index (χ3v) is 14.8. The van der Waals surface area contributed by atoms with Crippen LogP contribution in [0.5, 0.6) is 0 Å². The molecule has 11 aromatic rings. The molecule has 10 aromatic carbocycles. The number of rotatable bonds is 8. The van der Waals surface area contributed by atoms with E-state index in [0.717, 1.165) is 17.1 Å². The maximum Gasteiger partial charge on any atom is 0.0540 e. The molecular weight excluding hydrogens is 791 g/mol. The Morgan fingerprint density at radius 2 is 0.781 bits per heavy atom. The first-order chi connectivity index (χ1) is 31.8. The van der Waals surface area contributed by atoms with Crippen LogP contribution < -0.4 is 4.90 Å². The van der Waals surface area contributed by atoms with Crippen LogP contribution in [0.1, 0.15) is 43.6 Å². The molecule has 0 bridgehead atoms. The SMILES string of the molecule is c1ccc(-c2cccc3cccc(-c4ccccc4N(c4ccccc4-c4cccc5cccc(C6CCCCC6)c45)c4ccccc4-c4cccc5sc6ccccc6c45)c23)cc1. The van der Waals surface area contributed by atoms with Gasteiger partial charge in [0.05, 0.1) is 17.1 Å². The van der Waals surface area contributed by atoms with E-state index in [4.69, 9.17) is 0 Å². The Hall–Kier alpha value is -7.26. The zero-order valence-corrected chi connectivity index (χ0v) is 36.6. The average molecular weight is 838 g/mol. The van der Waals surface area contributed by atoms with Crippen LogP contribution in [0.4, 0.5) is 17.1 Å². The molecule has 0 aliphatic heterocycles. The molecule has 1 aliphatic rings. The maximum atomic E-state index is 2.58. The Kier molecular flexibility index (Phi) is 9.88. The van der Waals surface area contributed by atoms with Gasteiger partial charge in [-0.15, -0.1) is 11.3 Å². The van der Waals surface area contributed by atoms with Gasteiger partial charge < -0.3 is 4.90 Å². The molecule has 1 fully saturated rings. The van der Waals surface area contributed by atoms with Gasteiger partial charge in [0.15, 0.2) is 0 Å². The molecular formula is C62H47NS. The predicted molar refractivity (Wildman–Crippen MR) is 277 cm³/mol. The summed E-state index contributed by atoms with van der Waals surface area (Å²) in [6, 6.07) is 81.4. The van der Waals surface area contributed by atoms with E-state index >= 15 is 0 Å². The summed E-state index contributed by atoms with van der Waals surface area (Å²) in [6.07, 6.45) is 6.44. The largest absolute Gasteiger partial charge is 0.309 e. The van der Waals surface area contributed by atoms with E-state index in [2.05, 4.69) is 223 Å². The Balaban J connectivity index is 1.16. The van der Waals surface area contributed by atoms with Crippen LogP contribution in [-0.4, -0.2) is 0 Å². The number of fused-ring (bicyclic) bond motifs is 5. The molecule has 0 amide bonds. The number of benzene rings is 10. The monoisotopic (exact) mass is 837 g/mol. The van der Waals surface area contributed by atoms with E-state index in [1.165, 1.54) is 124 Å². The van der Waals surface area contributed by atoms with Gasteiger partial charge >= 0.3 is 0 Å². The fraction of sp³-hybridized carbons (Fsp3) is 0.0968. The summed E-state index contributed by atoms with van der Waals surface area (Å²) in [5, 5.41) is 7.79. The number of hydrogen-bond acceptors (Lipinski definition) is 2. The van der Waals surface area contributed by atoms with Gasteiger partial charge in [-0.05, 0) is 104 Å². The highest BCUT2D eigenvalue weighted by molar-refractivity contribution is 7.25. The van der Waals surface area contributed by atoms with Gasteiger partial charge in [0.1, 0.15) is 0 Å². The fourth-order valence-corrected chi connectivity index (χ4v) is 12.0. The van der Waals surface area contributed by atoms with Crippen LogP contribution >= 0.6 is 11.3 Å². The fourth-order valence-electron chi connectivity index (χ4n) is 10.8. The standard InChI is InChI=1S/C62H47NS/c1-3-20-42(21-4-1)46-32-15-24-44-26-17-34-51(60(44)46)48-28-7-11-37-55(48)63(57-39-13-9-30-50(57)53-36-19-41-59-62(53)54-31-10-14-40-58(54)64-59)56-38-12-8-29-49(56)52-35-18-27-45-25-16-33-47(61(45)52)43-22-5-2-6-23-43/h1,3-4,7-21,24-41,43H,2,5-6,22-23H2. The quantitative estimate of drug-likeness (QED) is 0.147. The summed E-state index contributed by atoms with van der Waals surface area (Å²) < 4.78 is 2.61. The van der Waals surface area contributed by atoms with E-state index < -0.39 is 0 Å². The summed E-state index contributed by atoms with van der Waals surface area (Å²) in [5.41, 5.74) is 14.7. The summed E-state index contributed by atoms with van der Waals surface area (Å²) in [4.78, 5) is 2.58. The second-order valence-corrected chi connectivity index (χ2v) is 18.4. The zero-order chi connectivity index (χ0) is 42.4. The zero-order valence-electron chi connectivity index (χ0n) is 35.8. The Labute approximate surface area is 379 Å². The number of hydrogen-bond donors (Lipinski definition) is 0. The van der Waals surface area contributed by atoms with Crippen molar-refractivity contribution in [3.63, 3.8) is 0 Å². The van der Waals surface area contributed by atoms with Gasteiger partial charge in [0, 0.05) is 36.9 Å². The normalized spacial score (nSPS) is 13.2. The van der Waals surface area contributed by atoms with Crippen LogP contribution in [0.3, 0.4) is 0 Å². The molecule has 0 radical (unpaired) electrons. The minimum Gasteiger partial charge on any atom is -0.309 e. The molecule has 12 rings (SSSR count). The third-order valence-electron chi connectivity index (χ3n) is 13.7. The Morgan fingerprint density at radius 3 is 1.42 bits per heavy atom. The lowest BCUT2D eigenvalue weighted by atomic mass is 9.80. The smallest absolute Gasteiger partial charge is 0.0540 e. The first-order valence-electron chi connectivity index (χ1n) is 22.9. The molecule has 1 saturated carbocycles. The molecule has 1 heterocycles. The molecule has 0 unspecified atom stereocenters. The van der Waals surface area contributed by atoms with Crippen LogP contribution in [0.25, 0.3) is 86.2 Å². The summed E-state index contributed by atoms with van der Waals surface area (Å²) in [7, 11) is 0. The summed E-state index contributed by atoms with van der Waals surface area (Å²) >= 11 is 1.88. The maximum absolute atomic E-state index is 2.58. The number of anilines is 3. The van der Waals surface area contributed by atoms with Gasteiger partial charge in [0.25, 0.3) is 0 Å². The number of nitrogens with zero attached hydrogens (tertiary/aromatic N) is 1. The number of thiophene rings is 1. The minimum absolute atomic E-state index is 0.564. The Morgan fingerprint density at radius 1 is 0.328 bits per heavy atom. The molecule has 1 aromatic heterocycles. The number of para-hydroxylation sites is 3. The van der Waals surface area contributed by atoms with Gasteiger partial charge in [0.2, 0.25) is 0 Å². The van der Waals surface area contributed by atoms with Crippen LogP contribution in [0, 0.1) is 0 Å². The van der Waals surface area contributed by atoms with Crippen molar-refractivity contribution in [1.29, 1.82) is 0 Å². The van der Waals surface area contributed by atoms with Crippen molar-refractivity contribution in [2.45, 2.75) is 38.0 Å². The lowest BCUT2D eigenvalue weighted by Crippen LogP contribution is -2.14. The van der Waals surface area contributed by atoms with Crippen LogP contribution in [-0.2, 0) is 0 Å². The van der Waals surface area contributed by atoms with Crippen LogP contribution in [0.15, 0.2) is 218 Å². The topological polar surface area (TPSA) is 3.24 Å². The summed E-state index contributed by atoms with van der Waals surface area (Å²) in [6.45, 7) is 0. The highest BCUT2D eigenvalue weighted by atomic mass is 32.1. The first kappa shape index (κ1) is 38.4. The molecule has 2 heteroatoms. The molecule has 0 N–H and O–H groups in total. The third kappa shape index (κ3) is 6.60. The molecule has 0 saturated heterocycles. The van der Waals surface area contributed by atoms with E-state index in [1.54, 1.807) is 0 Å². The molecule has 306 valence electrons.